The first-order valence-corrected chi connectivity index (χ1v) is 6.90. The molecule has 1 aliphatic rings. The molecule has 1 amide bonds. The molecule has 0 radical (unpaired) electrons. The number of nitrogen functional groups attached to an aromatic ring is 1. The third-order valence-electron chi connectivity index (χ3n) is 3.79. The third-order valence-corrected chi connectivity index (χ3v) is 3.79. The van der Waals surface area contributed by atoms with Gasteiger partial charge in [0, 0.05) is 5.56 Å². The highest BCUT2D eigenvalue weighted by molar-refractivity contribution is 6.06. The van der Waals surface area contributed by atoms with Crippen LogP contribution in [0.3, 0.4) is 0 Å². The summed E-state index contributed by atoms with van der Waals surface area (Å²) in [5.74, 6) is -0.180. The maximum absolute atomic E-state index is 12.3. The van der Waals surface area contributed by atoms with Crippen molar-refractivity contribution in [3.63, 3.8) is 0 Å². The van der Waals surface area contributed by atoms with Crippen molar-refractivity contribution in [2.75, 3.05) is 11.1 Å². The number of aryl methyl sites for hydroxylation is 2. The number of hydrogen-bond acceptors (Lipinski definition) is 3. The Hall–Kier alpha value is -2.80. The van der Waals surface area contributed by atoms with Crippen molar-refractivity contribution >= 4 is 17.3 Å². The van der Waals surface area contributed by atoms with E-state index in [1.54, 1.807) is 18.2 Å². The molecule has 0 unspecified atom stereocenters. The molecule has 0 heterocycles. The van der Waals surface area contributed by atoms with Crippen LogP contribution < -0.4 is 11.1 Å². The van der Waals surface area contributed by atoms with Crippen LogP contribution in [0.4, 0.5) is 11.4 Å². The molecule has 0 fully saturated rings. The van der Waals surface area contributed by atoms with E-state index < -0.39 is 0 Å². The summed E-state index contributed by atoms with van der Waals surface area (Å²) in [6, 6.07) is 12.7. The number of rotatable bonds is 2. The van der Waals surface area contributed by atoms with Crippen LogP contribution >= 0.6 is 0 Å². The highest BCUT2D eigenvalue weighted by Gasteiger charge is 2.14. The minimum atomic E-state index is -0.180. The van der Waals surface area contributed by atoms with Crippen molar-refractivity contribution in [3.8, 4) is 6.07 Å². The van der Waals surface area contributed by atoms with E-state index in [4.69, 9.17) is 11.0 Å². The van der Waals surface area contributed by atoms with Gasteiger partial charge < -0.3 is 11.1 Å². The van der Waals surface area contributed by atoms with Crippen molar-refractivity contribution in [2.24, 2.45) is 0 Å². The van der Waals surface area contributed by atoms with Crippen molar-refractivity contribution < 1.29 is 4.79 Å². The molecule has 2 aromatic carbocycles. The lowest BCUT2D eigenvalue weighted by Crippen LogP contribution is -2.13. The fourth-order valence-electron chi connectivity index (χ4n) is 2.65. The lowest BCUT2D eigenvalue weighted by atomic mass is 10.1. The number of fused-ring (bicyclic) bond motifs is 1. The van der Waals surface area contributed by atoms with Crippen molar-refractivity contribution in [1.29, 1.82) is 5.26 Å². The third kappa shape index (κ3) is 2.59. The maximum atomic E-state index is 12.3. The van der Waals surface area contributed by atoms with E-state index >= 15 is 0 Å². The second-order valence-corrected chi connectivity index (χ2v) is 5.21. The molecule has 4 nitrogen and oxygen atoms in total. The molecule has 0 spiro atoms. The molecule has 0 bridgehead atoms. The van der Waals surface area contributed by atoms with Crippen molar-refractivity contribution in [2.45, 2.75) is 19.3 Å². The Kier molecular flexibility index (Phi) is 3.33. The molecule has 104 valence electrons. The van der Waals surface area contributed by atoms with E-state index in [0.29, 0.717) is 22.5 Å². The zero-order valence-electron chi connectivity index (χ0n) is 11.5. The minimum absolute atomic E-state index is 0.180. The lowest BCUT2D eigenvalue weighted by Gasteiger charge is -2.09. The number of hydrogen-bond donors (Lipinski definition) is 2. The summed E-state index contributed by atoms with van der Waals surface area (Å²) in [5.41, 5.74) is 10.5. The number of nitrogens with zero attached hydrogens (tertiary/aromatic N) is 1. The summed E-state index contributed by atoms with van der Waals surface area (Å²) < 4.78 is 0. The van der Waals surface area contributed by atoms with E-state index in [-0.39, 0.29) is 5.91 Å². The van der Waals surface area contributed by atoms with E-state index in [1.165, 1.54) is 11.1 Å². The average molecular weight is 277 g/mol. The molecule has 0 aliphatic heterocycles. The average Bonchev–Trinajstić information content (AvgIpc) is 2.96. The number of anilines is 2. The predicted octanol–water partition coefficient (Wildman–Crippen LogP) is 2.88. The van der Waals surface area contributed by atoms with E-state index in [2.05, 4.69) is 5.32 Å². The van der Waals surface area contributed by atoms with Crippen molar-refractivity contribution in [3.05, 3.63) is 58.7 Å². The largest absolute Gasteiger partial charge is 0.397 e. The van der Waals surface area contributed by atoms with Crippen LogP contribution in [0, 0.1) is 11.3 Å². The molecular formula is C17H15N3O. The number of carbonyl (C=O) groups is 1. The molecule has 1 aliphatic carbocycles. The van der Waals surface area contributed by atoms with E-state index in [0.717, 1.165) is 19.3 Å². The zero-order chi connectivity index (χ0) is 14.8. The second-order valence-electron chi connectivity index (χ2n) is 5.21. The molecule has 2 aromatic rings. The SMILES string of the molecule is N#Cc1ccc(NC(=O)c2ccc3c(c2)CCC3)c(N)c1. The van der Waals surface area contributed by atoms with Gasteiger partial charge >= 0.3 is 0 Å². The normalized spacial score (nSPS) is 12.5. The summed E-state index contributed by atoms with van der Waals surface area (Å²) in [4.78, 5) is 12.3. The Morgan fingerprint density at radius 2 is 1.95 bits per heavy atom. The molecule has 0 aromatic heterocycles. The van der Waals surface area contributed by atoms with Crippen LogP contribution in [0.1, 0.15) is 33.5 Å². The molecular weight excluding hydrogens is 262 g/mol. The number of carbonyl (C=O) groups excluding carboxylic acids is 1. The molecule has 3 rings (SSSR count). The highest BCUT2D eigenvalue weighted by Crippen LogP contribution is 2.24. The van der Waals surface area contributed by atoms with Gasteiger partial charge in [-0.2, -0.15) is 5.26 Å². The summed E-state index contributed by atoms with van der Waals surface area (Å²) in [6.45, 7) is 0. The quantitative estimate of drug-likeness (QED) is 0.828. The number of nitriles is 1. The Morgan fingerprint density at radius 1 is 1.14 bits per heavy atom. The molecule has 3 N–H and O–H groups in total. The number of nitrogens with one attached hydrogen (secondary N) is 1. The van der Waals surface area contributed by atoms with Crippen molar-refractivity contribution in [1.82, 2.24) is 0 Å². The first kappa shape index (κ1) is 13.2. The highest BCUT2D eigenvalue weighted by atomic mass is 16.1. The van der Waals surface area contributed by atoms with Gasteiger partial charge in [-0.15, -0.1) is 0 Å². The Morgan fingerprint density at radius 3 is 2.71 bits per heavy atom. The first-order chi connectivity index (χ1) is 10.2. The number of benzene rings is 2. The van der Waals surface area contributed by atoms with Gasteiger partial charge in [0.05, 0.1) is 23.0 Å². The second kappa shape index (κ2) is 5.29. The molecule has 4 heteroatoms. The predicted molar refractivity (Wildman–Crippen MR) is 82.0 cm³/mol. The Labute approximate surface area is 123 Å². The fourth-order valence-corrected chi connectivity index (χ4v) is 2.65. The topological polar surface area (TPSA) is 78.9 Å². The lowest BCUT2D eigenvalue weighted by molar-refractivity contribution is 0.102. The Bertz CT molecular complexity index is 759. The minimum Gasteiger partial charge on any atom is -0.397 e. The van der Waals surface area contributed by atoms with Crippen LogP contribution in [-0.4, -0.2) is 5.91 Å². The summed E-state index contributed by atoms with van der Waals surface area (Å²) in [7, 11) is 0. The molecule has 0 saturated carbocycles. The zero-order valence-corrected chi connectivity index (χ0v) is 11.5. The van der Waals surface area contributed by atoms with Crippen LogP contribution in [0.15, 0.2) is 36.4 Å². The van der Waals surface area contributed by atoms with Gasteiger partial charge in [-0.1, -0.05) is 6.07 Å². The Balaban J connectivity index is 1.82. The van der Waals surface area contributed by atoms with Gasteiger partial charge in [-0.05, 0) is 60.7 Å². The number of nitrogens with two attached hydrogens (primary N) is 1. The van der Waals surface area contributed by atoms with E-state index in [1.807, 2.05) is 24.3 Å². The van der Waals surface area contributed by atoms with Crippen LogP contribution in [-0.2, 0) is 12.8 Å². The van der Waals surface area contributed by atoms with Gasteiger partial charge in [0.25, 0.3) is 5.91 Å². The fraction of sp³-hybridized carbons (Fsp3) is 0.176. The molecule has 0 saturated heterocycles. The summed E-state index contributed by atoms with van der Waals surface area (Å²) in [6.07, 6.45) is 3.29. The van der Waals surface area contributed by atoms with Gasteiger partial charge in [-0.25, -0.2) is 0 Å². The van der Waals surface area contributed by atoms with Gasteiger partial charge in [0.15, 0.2) is 0 Å². The summed E-state index contributed by atoms with van der Waals surface area (Å²) in [5, 5.41) is 11.6. The number of amides is 1. The maximum Gasteiger partial charge on any atom is 0.255 e. The van der Waals surface area contributed by atoms with Gasteiger partial charge in [0.2, 0.25) is 0 Å². The molecule has 0 atom stereocenters. The van der Waals surface area contributed by atoms with Crippen LogP contribution in [0.2, 0.25) is 0 Å². The smallest absolute Gasteiger partial charge is 0.255 e. The van der Waals surface area contributed by atoms with Crippen LogP contribution in [0.25, 0.3) is 0 Å². The summed E-state index contributed by atoms with van der Waals surface area (Å²) >= 11 is 0. The molecule has 21 heavy (non-hydrogen) atoms. The van der Waals surface area contributed by atoms with Crippen LogP contribution in [0.5, 0.6) is 0 Å². The first-order valence-electron chi connectivity index (χ1n) is 6.90. The van der Waals surface area contributed by atoms with E-state index in [9.17, 15) is 4.79 Å². The standard InChI is InChI=1S/C17H15N3O/c18-10-11-4-7-16(15(19)8-11)20-17(21)14-6-5-12-2-1-3-13(12)9-14/h4-9H,1-3,19H2,(H,20,21). The van der Waals surface area contributed by atoms with Gasteiger partial charge in [-0.3, -0.25) is 4.79 Å². The van der Waals surface area contributed by atoms with Gasteiger partial charge in [0.1, 0.15) is 0 Å². The monoisotopic (exact) mass is 277 g/mol.